The van der Waals surface area contributed by atoms with E-state index in [4.69, 9.17) is 14.2 Å². The van der Waals surface area contributed by atoms with E-state index in [-0.39, 0.29) is 41.9 Å². The first-order chi connectivity index (χ1) is 20.1. The van der Waals surface area contributed by atoms with Crippen molar-refractivity contribution in [1.29, 1.82) is 0 Å². The molecule has 9 nitrogen and oxygen atoms in total. The van der Waals surface area contributed by atoms with Gasteiger partial charge in [0.05, 0.1) is 25.2 Å². The summed E-state index contributed by atoms with van der Waals surface area (Å²) in [4.78, 5) is 14.8. The maximum atomic E-state index is 13.4. The lowest BCUT2D eigenvalue weighted by atomic mass is 9.75. The Morgan fingerprint density at radius 3 is 2.36 bits per heavy atom. The Hall–Kier alpha value is -2.73. The first-order valence-corrected chi connectivity index (χ1v) is 16.1. The van der Waals surface area contributed by atoms with E-state index in [0.717, 1.165) is 37.7 Å². The van der Waals surface area contributed by atoms with Crippen molar-refractivity contribution in [2.75, 3.05) is 54.6 Å². The third-order valence-electron chi connectivity index (χ3n) is 8.53. The summed E-state index contributed by atoms with van der Waals surface area (Å²) in [7, 11) is 3.39. The third-order valence-corrected chi connectivity index (χ3v) is 10.4. The van der Waals surface area contributed by atoms with Crippen LogP contribution in [-0.2, 0) is 19.6 Å². The van der Waals surface area contributed by atoms with E-state index < -0.39 is 10.0 Å². The second kappa shape index (κ2) is 14.6. The molecule has 2 aromatic carbocycles. The first kappa shape index (κ1) is 32.2. The lowest BCUT2D eigenvalue weighted by Gasteiger charge is -2.37. The fourth-order valence-corrected chi connectivity index (χ4v) is 7.79. The van der Waals surface area contributed by atoms with Gasteiger partial charge in [0.15, 0.2) is 11.5 Å². The number of nitrogens with one attached hydrogen (secondary N) is 1. The number of carbonyl (C=O) groups is 1. The Kier molecular flexibility index (Phi) is 11.2. The number of hydrogen-bond acceptors (Lipinski definition) is 7. The number of amides is 1. The molecule has 0 radical (unpaired) electrons. The molecule has 2 fully saturated rings. The van der Waals surface area contributed by atoms with Crippen LogP contribution in [0.5, 0.6) is 11.5 Å². The molecule has 0 spiro atoms. The van der Waals surface area contributed by atoms with Crippen molar-refractivity contribution in [2.45, 2.75) is 55.6 Å². The van der Waals surface area contributed by atoms with E-state index in [1.54, 1.807) is 6.07 Å². The van der Waals surface area contributed by atoms with Gasteiger partial charge in [-0.25, -0.2) is 12.8 Å². The highest BCUT2D eigenvalue weighted by Crippen LogP contribution is 2.40. The van der Waals surface area contributed by atoms with Gasteiger partial charge in [0.1, 0.15) is 12.4 Å². The SMILES string of the molecule is COc1ccc(S(=O)(=O)N2CCC(OCC(=O)NCCC3CCC(C(c4ccc(F)cc4)N(C)C)CC3)C2)cc1OC. The highest BCUT2D eigenvalue weighted by Gasteiger charge is 2.34. The maximum absolute atomic E-state index is 13.4. The van der Waals surface area contributed by atoms with Crippen LogP contribution < -0.4 is 14.8 Å². The summed E-state index contributed by atoms with van der Waals surface area (Å²) in [6, 6.07) is 11.6. The molecule has 0 bridgehead atoms. The van der Waals surface area contributed by atoms with Crippen molar-refractivity contribution in [3.63, 3.8) is 0 Å². The topological polar surface area (TPSA) is 97.4 Å². The lowest BCUT2D eigenvalue weighted by molar-refractivity contribution is -0.127. The minimum absolute atomic E-state index is 0.0934. The first-order valence-electron chi connectivity index (χ1n) is 14.6. The summed E-state index contributed by atoms with van der Waals surface area (Å²) in [5.41, 5.74) is 1.15. The van der Waals surface area contributed by atoms with E-state index in [2.05, 4.69) is 24.3 Å². The Balaban J connectivity index is 1.16. The zero-order chi connectivity index (χ0) is 30.3. The molecule has 1 amide bonds. The molecule has 2 unspecified atom stereocenters. The molecular weight excluding hydrogens is 561 g/mol. The Morgan fingerprint density at radius 1 is 1.02 bits per heavy atom. The molecule has 1 aliphatic heterocycles. The number of benzene rings is 2. The fraction of sp³-hybridized carbons (Fsp3) is 0.581. The normalized spacial score (nSPS) is 22.2. The van der Waals surface area contributed by atoms with Crippen molar-refractivity contribution in [3.05, 3.63) is 53.8 Å². The maximum Gasteiger partial charge on any atom is 0.246 e. The summed E-state index contributed by atoms with van der Waals surface area (Å²) in [5.74, 6) is 1.48. The van der Waals surface area contributed by atoms with E-state index in [1.807, 2.05) is 12.1 Å². The van der Waals surface area contributed by atoms with Gasteiger partial charge in [0, 0.05) is 31.7 Å². The van der Waals surface area contributed by atoms with Gasteiger partial charge in [-0.05, 0) is 81.4 Å². The van der Waals surface area contributed by atoms with E-state index in [1.165, 1.54) is 42.8 Å². The Labute approximate surface area is 249 Å². The van der Waals surface area contributed by atoms with Crippen LogP contribution in [0.2, 0.25) is 0 Å². The van der Waals surface area contributed by atoms with Crippen molar-refractivity contribution in [3.8, 4) is 11.5 Å². The van der Waals surface area contributed by atoms with Crippen molar-refractivity contribution < 1.29 is 31.8 Å². The smallest absolute Gasteiger partial charge is 0.246 e. The minimum Gasteiger partial charge on any atom is -0.493 e. The van der Waals surface area contributed by atoms with Gasteiger partial charge in [-0.2, -0.15) is 4.31 Å². The molecule has 2 aliphatic rings. The highest BCUT2D eigenvalue weighted by molar-refractivity contribution is 7.89. The molecule has 1 N–H and O–H groups in total. The van der Waals surface area contributed by atoms with Crippen molar-refractivity contribution in [2.24, 2.45) is 11.8 Å². The quantitative estimate of drug-likeness (QED) is 0.365. The molecule has 11 heteroatoms. The molecule has 1 heterocycles. The number of sulfonamides is 1. The molecular formula is C31H44FN3O6S. The van der Waals surface area contributed by atoms with Gasteiger partial charge in [-0.3, -0.25) is 4.79 Å². The van der Waals surface area contributed by atoms with Gasteiger partial charge in [-0.1, -0.05) is 25.0 Å². The van der Waals surface area contributed by atoms with E-state index >= 15 is 0 Å². The summed E-state index contributed by atoms with van der Waals surface area (Å²) in [5, 5.41) is 2.96. The fourth-order valence-electron chi connectivity index (χ4n) is 6.28. The predicted octanol–water partition coefficient (Wildman–Crippen LogP) is 4.24. The molecule has 2 aromatic rings. The molecule has 232 valence electrons. The van der Waals surface area contributed by atoms with Crippen LogP contribution in [0.3, 0.4) is 0 Å². The molecule has 0 aromatic heterocycles. The average Bonchev–Trinajstić information content (AvgIpc) is 3.47. The average molecular weight is 606 g/mol. The number of methoxy groups -OCH3 is 2. The molecule has 4 rings (SSSR count). The molecule has 1 saturated heterocycles. The summed E-state index contributed by atoms with van der Waals surface area (Å²) in [6.45, 7) is 1.02. The third kappa shape index (κ3) is 8.00. The largest absolute Gasteiger partial charge is 0.493 e. The second-order valence-corrected chi connectivity index (χ2v) is 13.4. The zero-order valence-electron chi connectivity index (χ0n) is 25.1. The second-order valence-electron chi connectivity index (χ2n) is 11.5. The van der Waals surface area contributed by atoms with Crippen LogP contribution in [0.25, 0.3) is 0 Å². The highest BCUT2D eigenvalue weighted by atomic mass is 32.2. The molecule has 1 aliphatic carbocycles. The van der Waals surface area contributed by atoms with Crippen molar-refractivity contribution in [1.82, 2.24) is 14.5 Å². The Bertz CT molecular complexity index is 1280. The number of rotatable bonds is 13. The van der Waals surface area contributed by atoms with Crippen molar-refractivity contribution >= 4 is 15.9 Å². The lowest BCUT2D eigenvalue weighted by Crippen LogP contribution is -2.34. The number of halogens is 1. The molecule has 42 heavy (non-hydrogen) atoms. The number of ether oxygens (including phenoxy) is 3. The summed E-state index contributed by atoms with van der Waals surface area (Å²) < 4.78 is 57.3. The summed E-state index contributed by atoms with van der Waals surface area (Å²) >= 11 is 0. The van der Waals surface area contributed by atoms with Gasteiger partial charge in [0.2, 0.25) is 15.9 Å². The van der Waals surface area contributed by atoms with Gasteiger partial charge in [0.25, 0.3) is 0 Å². The Morgan fingerprint density at radius 2 is 1.71 bits per heavy atom. The van der Waals surface area contributed by atoms with Crippen LogP contribution in [0.4, 0.5) is 4.39 Å². The number of hydrogen-bond donors (Lipinski definition) is 1. The van der Waals surface area contributed by atoms with Crippen LogP contribution in [0, 0.1) is 17.7 Å². The van der Waals surface area contributed by atoms with E-state index in [0.29, 0.717) is 42.8 Å². The molecule has 1 saturated carbocycles. The standard InChI is InChI=1S/C31H44FN3O6S/c1-34(2)31(24-9-11-25(32)12-10-24)23-7-5-22(6-8-23)15-17-33-30(36)21-41-26-16-18-35(20-26)42(37,38)27-13-14-28(39-3)29(19-27)40-4/h9-14,19,22-23,26,31H,5-8,15-18,20-21H2,1-4H3,(H,33,36). The van der Waals surface area contributed by atoms with Crippen LogP contribution in [0.1, 0.15) is 50.1 Å². The van der Waals surface area contributed by atoms with E-state index in [9.17, 15) is 17.6 Å². The van der Waals surface area contributed by atoms with Gasteiger partial charge < -0.3 is 24.4 Å². The monoisotopic (exact) mass is 605 g/mol. The van der Waals surface area contributed by atoms with Crippen LogP contribution in [0.15, 0.2) is 47.4 Å². The van der Waals surface area contributed by atoms with Gasteiger partial charge >= 0.3 is 0 Å². The van der Waals surface area contributed by atoms with Crippen LogP contribution in [-0.4, -0.2) is 84.2 Å². The van der Waals surface area contributed by atoms with Crippen LogP contribution >= 0.6 is 0 Å². The zero-order valence-corrected chi connectivity index (χ0v) is 25.9. The molecule has 2 atom stereocenters. The minimum atomic E-state index is -3.73. The predicted molar refractivity (Wildman–Crippen MR) is 159 cm³/mol. The van der Waals surface area contributed by atoms with Gasteiger partial charge in [-0.15, -0.1) is 0 Å². The summed E-state index contributed by atoms with van der Waals surface area (Å²) in [6.07, 6.45) is 5.52. The number of carbonyl (C=O) groups excluding carboxylic acids is 1. The number of nitrogens with zero attached hydrogens (tertiary/aromatic N) is 2.